The molecule has 0 bridgehead atoms. The second kappa shape index (κ2) is 25.8. The zero-order valence-corrected chi connectivity index (χ0v) is 56.5. The van der Waals surface area contributed by atoms with E-state index < -0.39 is 11.9 Å². The molecular weight excluding hydrogens is 1240 g/mol. The van der Waals surface area contributed by atoms with E-state index in [-0.39, 0.29) is 36.7 Å². The van der Waals surface area contributed by atoms with Gasteiger partial charge in [0, 0.05) is 122 Å². The van der Waals surface area contributed by atoms with Gasteiger partial charge in [0.1, 0.15) is 28.9 Å². The van der Waals surface area contributed by atoms with E-state index in [1.807, 2.05) is 43.5 Å². The van der Waals surface area contributed by atoms with Gasteiger partial charge in [-0.25, -0.2) is 29.9 Å². The zero-order chi connectivity index (χ0) is 67.7. The highest BCUT2D eigenvalue weighted by Crippen LogP contribution is 2.42. The average molecular weight is 1320 g/mol. The number of rotatable bonds is 18. The van der Waals surface area contributed by atoms with Crippen molar-refractivity contribution >= 4 is 17.1 Å². The Morgan fingerprint density at radius 2 is 1.07 bits per heavy atom. The van der Waals surface area contributed by atoms with Gasteiger partial charge in [-0.3, -0.25) is 9.97 Å². The number of pyridine rings is 3. The molecule has 3 aliphatic rings. The summed E-state index contributed by atoms with van der Waals surface area (Å²) < 4.78 is 61.6. The topological polar surface area (TPSA) is 186 Å². The highest BCUT2D eigenvalue weighted by molar-refractivity contribution is 5.75. The number of halogens is 3. The van der Waals surface area contributed by atoms with Crippen molar-refractivity contribution in [2.45, 2.75) is 132 Å². The maximum atomic E-state index is 14.0. The van der Waals surface area contributed by atoms with Crippen LogP contribution in [0.15, 0.2) is 145 Å². The third-order valence-electron chi connectivity index (χ3n) is 19.1. The second-order valence-electron chi connectivity index (χ2n) is 26.5. The van der Waals surface area contributed by atoms with E-state index >= 15 is 0 Å². The molecule has 0 radical (unpaired) electrons. The summed E-state index contributed by atoms with van der Waals surface area (Å²) in [6, 6.07) is 37.2. The quantitative estimate of drug-likeness (QED) is 0.0789. The molecule has 0 aliphatic carbocycles. The van der Waals surface area contributed by atoms with Gasteiger partial charge in [-0.1, -0.05) is 41.5 Å². The Morgan fingerprint density at radius 1 is 0.520 bits per heavy atom. The molecule has 0 unspecified atom stereocenters. The highest BCUT2D eigenvalue weighted by atomic mass is 19.4. The van der Waals surface area contributed by atoms with E-state index in [2.05, 4.69) is 176 Å². The van der Waals surface area contributed by atoms with Crippen molar-refractivity contribution in [3.8, 4) is 73.8 Å². The first-order valence-corrected chi connectivity index (χ1v) is 33.6. The Morgan fingerprint density at radius 3 is 1.69 bits per heavy atom. The molecule has 9 aromatic heterocycles. The van der Waals surface area contributed by atoms with Gasteiger partial charge in [0.05, 0.1) is 102 Å². The van der Waals surface area contributed by atoms with Crippen molar-refractivity contribution in [3.63, 3.8) is 0 Å². The van der Waals surface area contributed by atoms with E-state index in [9.17, 15) is 13.2 Å². The third kappa shape index (κ3) is 12.0. The van der Waals surface area contributed by atoms with Crippen molar-refractivity contribution in [2.75, 3.05) is 48.1 Å². The minimum Gasteiger partial charge on any atom is -0.441 e. The lowest BCUT2D eigenvalue weighted by Gasteiger charge is -2.32. The molecule has 0 spiro atoms. The predicted molar refractivity (Wildman–Crippen MR) is 371 cm³/mol. The number of hydrogen-bond donors (Lipinski definition) is 0. The molecule has 0 fully saturated rings. The Kier molecular flexibility index (Phi) is 16.7. The van der Waals surface area contributed by atoms with Crippen LogP contribution in [0.25, 0.3) is 73.8 Å². The lowest BCUT2D eigenvalue weighted by atomic mass is 9.98. The number of methoxy groups -OCH3 is 1. The number of nitrogens with zero attached hydrogens (tertiary/aromatic N) is 18. The normalized spacial score (nSPS) is 14.1. The van der Waals surface area contributed by atoms with Crippen LogP contribution < -0.4 is 14.7 Å². The van der Waals surface area contributed by atoms with E-state index in [0.29, 0.717) is 57.1 Å². The maximum absolute atomic E-state index is 14.0. The molecule has 12 aromatic rings. The molecule has 12 heterocycles. The first-order valence-electron chi connectivity index (χ1n) is 33.6. The van der Waals surface area contributed by atoms with Gasteiger partial charge in [-0.15, -0.1) is 0 Å². The number of fused-ring (bicyclic) bond motifs is 3. The summed E-state index contributed by atoms with van der Waals surface area (Å²) in [5.74, 6) is 4.49. The molecule has 20 nitrogen and oxygen atoms in total. The minimum absolute atomic E-state index is 0.00695. The van der Waals surface area contributed by atoms with Crippen LogP contribution in [0.2, 0.25) is 0 Å². The molecule has 98 heavy (non-hydrogen) atoms. The fraction of sp³-hybridized carbons (Fsp3) is 0.333. The SMILES string of the molecule is COCCn1cc(C(F)(F)F)nc1-c1ccc(N2CCn3c(-c4ccc(-c5nc(Cc6ccc(-c7nc(C)n8c7CN(c7ccc(-n9nccn9)cc7)CC8)c(C(C)C)n6)n6c5CN(c5ccc(-c7ncc(C)o7)cc5)CC6)c(C(C)C)n4)nc(-c4cccnc4C(C)C)c3C2)cc1. The van der Waals surface area contributed by atoms with Crippen LogP contribution in [0.4, 0.5) is 30.2 Å². The molecule has 0 saturated carbocycles. The van der Waals surface area contributed by atoms with Crippen LogP contribution in [0.5, 0.6) is 0 Å². The molecule has 500 valence electrons. The van der Waals surface area contributed by atoms with Gasteiger partial charge in [-0.2, -0.15) is 28.2 Å². The van der Waals surface area contributed by atoms with Gasteiger partial charge in [0.2, 0.25) is 5.89 Å². The van der Waals surface area contributed by atoms with E-state index in [1.54, 1.807) is 23.4 Å². The lowest BCUT2D eigenvalue weighted by Crippen LogP contribution is -2.34. The van der Waals surface area contributed by atoms with E-state index in [4.69, 9.17) is 39.1 Å². The summed E-state index contributed by atoms with van der Waals surface area (Å²) in [7, 11) is 1.53. The second-order valence-corrected chi connectivity index (χ2v) is 26.5. The number of alkyl halides is 3. The number of anilines is 3. The van der Waals surface area contributed by atoms with Crippen molar-refractivity contribution in [1.82, 2.24) is 73.1 Å². The number of hydrogen-bond acceptors (Lipinski definition) is 15. The van der Waals surface area contributed by atoms with Crippen molar-refractivity contribution in [3.05, 3.63) is 203 Å². The van der Waals surface area contributed by atoms with Gasteiger partial charge in [0.25, 0.3) is 0 Å². The fourth-order valence-corrected chi connectivity index (χ4v) is 14.1. The molecule has 0 amide bonds. The molecule has 0 saturated heterocycles. The first-order chi connectivity index (χ1) is 47.4. The van der Waals surface area contributed by atoms with Crippen LogP contribution in [-0.2, 0) is 63.1 Å². The summed E-state index contributed by atoms with van der Waals surface area (Å²) in [6.45, 7) is 23.8. The number of imidazole rings is 4. The lowest BCUT2D eigenvalue weighted by molar-refractivity contribution is -0.140. The van der Waals surface area contributed by atoms with Gasteiger partial charge in [-0.05, 0) is 141 Å². The minimum atomic E-state index is -4.59. The number of aryl methyl sites for hydroxylation is 2. The third-order valence-corrected chi connectivity index (χ3v) is 19.1. The summed E-state index contributed by atoms with van der Waals surface area (Å²) in [4.78, 5) is 49.9. The Bertz CT molecular complexity index is 4880. The monoisotopic (exact) mass is 1320 g/mol. The predicted octanol–water partition coefficient (Wildman–Crippen LogP) is 14.5. The zero-order valence-electron chi connectivity index (χ0n) is 56.5. The number of oxazole rings is 1. The van der Waals surface area contributed by atoms with Crippen LogP contribution in [-0.4, -0.2) is 106 Å². The van der Waals surface area contributed by atoms with Gasteiger partial charge < -0.3 is 42.1 Å². The van der Waals surface area contributed by atoms with Crippen LogP contribution >= 0.6 is 0 Å². The molecule has 23 heteroatoms. The summed E-state index contributed by atoms with van der Waals surface area (Å²) in [6.07, 6.45) is 3.93. The van der Waals surface area contributed by atoms with Crippen molar-refractivity contribution in [1.29, 1.82) is 0 Å². The van der Waals surface area contributed by atoms with Crippen molar-refractivity contribution < 1.29 is 22.3 Å². The van der Waals surface area contributed by atoms with E-state index in [0.717, 1.165) is 151 Å². The fourth-order valence-electron chi connectivity index (χ4n) is 14.1. The molecule has 0 N–H and O–H groups in total. The maximum Gasteiger partial charge on any atom is 0.434 e. The summed E-state index contributed by atoms with van der Waals surface area (Å²) in [5.41, 5.74) is 18.1. The van der Waals surface area contributed by atoms with Gasteiger partial charge >= 0.3 is 6.18 Å². The Hall–Kier alpha value is -10.6. The highest BCUT2D eigenvalue weighted by Gasteiger charge is 2.36. The number of ether oxygens (including phenoxy) is 1. The number of benzene rings is 3. The Labute approximate surface area is 566 Å². The number of aromatic nitrogens is 15. The smallest absolute Gasteiger partial charge is 0.434 e. The van der Waals surface area contributed by atoms with Crippen LogP contribution in [0, 0.1) is 13.8 Å². The van der Waals surface area contributed by atoms with Crippen LogP contribution in [0.3, 0.4) is 0 Å². The molecule has 15 rings (SSSR count). The summed E-state index contributed by atoms with van der Waals surface area (Å²) in [5, 5.41) is 8.64. The molecule has 3 aromatic carbocycles. The van der Waals surface area contributed by atoms with Gasteiger partial charge in [0.15, 0.2) is 11.5 Å². The standard InChI is InChI=1S/C75H77F3N18O2/c1-45(2)66-57(11-10-28-79-66)71-63-43-91(53-17-12-50(13-18-53)72-86-64(75(76,77)78)44-92(72)37-38-97-9)33-36-95(63)73(88-71)60-27-26-59(68(85-60)47(5)6)70-62-42-90(54-19-14-51(15-20-54)74-80-40-48(7)98-74)32-35-94(62)65(87-70)39-52-16-25-58(67(84-52)46(3)4)69-61-41-89(31-34-93(61)49(8)83-69)55-21-23-56(24-22-55)96-81-29-30-82-96/h10-30,40,44-47H,31-39,41-43H2,1-9H3. The van der Waals surface area contributed by atoms with E-state index in [1.165, 1.54) is 17.4 Å². The average Bonchev–Trinajstić information content (AvgIpc) is 1.58. The van der Waals surface area contributed by atoms with Crippen molar-refractivity contribution in [2.24, 2.45) is 0 Å². The van der Waals surface area contributed by atoms with Crippen LogP contribution in [0.1, 0.15) is 122 Å². The first kappa shape index (κ1) is 63.5. The Balaban J connectivity index is 0.776. The molecule has 0 atom stereocenters. The molecule has 3 aliphatic heterocycles. The summed E-state index contributed by atoms with van der Waals surface area (Å²) >= 11 is 0. The molecular formula is C75H77F3N18O2. The largest absolute Gasteiger partial charge is 0.441 e.